The van der Waals surface area contributed by atoms with Crippen molar-refractivity contribution in [3.05, 3.63) is 0 Å². The van der Waals surface area contributed by atoms with E-state index in [1.165, 1.54) is 14.2 Å². The summed E-state index contributed by atoms with van der Waals surface area (Å²) in [6.07, 6.45) is -14.1. The Labute approximate surface area is 458 Å². The monoisotopic (exact) mass is 1180 g/mol. The number of carboxylic acid groups (broad SMARTS) is 1. The van der Waals surface area contributed by atoms with E-state index in [-0.39, 0.29) is 77.5 Å². The van der Waals surface area contributed by atoms with E-state index < -0.39 is 93.5 Å². The number of rotatable bonds is 48. The quantitative estimate of drug-likeness (QED) is 0.0173. The first kappa shape index (κ1) is 72.1. The van der Waals surface area contributed by atoms with E-state index in [1.807, 2.05) is 28.2 Å². The third kappa shape index (κ3) is 32.0. The highest BCUT2D eigenvalue weighted by Crippen LogP contribution is 2.28. The lowest BCUT2D eigenvalue weighted by molar-refractivity contribution is -0.890. The maximum Gasteiger partial charge on any atom is 0.335 e. The summed E-state index contributed by atoms with van der Waals surface area (Å²) in [4.78, 5) is 25.3. The molecule has 78 heavy (non-hydrogen) atoms. The normalized spacial score (nSPS) is 24.4. The Morgan fingerprint density at radius 2 is 0.846 bits per heavy atom. The van der Waals surface area contributed by atoms with E-state index in [1.54, 1.807) is 0 Å². The van der Waals surface area contributed by atoms with Gasteiger partial charge >= 0.3 is 5.97 Å². The smallest absolute Gasteiger partial charge is 0.335 e. The van der Waals surface area contributed by atoms with Gasteiger partial charge in [-0.2, -0.15) is 16.8 Å². The van der Waals surface area contributed by atoms with Crippen LogP contribution in [-0.4, -0.2) is 341 Å². The summed E-state index contributed by atoms with van der Waals surface area (Å²) in [6.45, 7) is 6.57. The van der Waals surface area contributed by atoms with Gasteiger partial charge < -0.3 is 106 Å². The van der Waals surface area contributed by atoms with Crippen molar-refractivity contribution in [1.29, 1.82) is 0 Å². The largest absolute Gasteiger partial charge is 0.479 e. The maximum absolute atomic E-state index is 13.1. The van der Waals surface area contributed by atoms with Crippen LogP contribution in [0.4, 0.5) is 0 Å². The van der Waals surface area contributed by atoms with Crippen LogP contribution in [0.1, 0.15) is 12.8 Å². The van der Waals surface area contributed by atoms with Gasteiger partial charge in [0, 0.05) is 33.6 Å². The molecule has 0 spiro atoms. The fraction of sp³-hybridized carbons (Fsp3) is 0.957. The molecule has 0 aromatic carbocycles. The molecule has 2 saturated heterocycles. The molecule has 0 aromatic rings. The zero-order chi connectivity index (χ0) is 58.0. The summed E-state index contributed by atoms with van der Waals surface area (Å²) < 4.78 is 146. The molecule has 2 fully saturated rings. The molecule has 0 saturated carbocycles. The lowest BCUT2D eigenvalue weighted by atomic mass is 9.98. The molecule has 0 radical (unpaired) electrons. The van der Waals surface area contributed by atoms with Crippen LogP contribution in [0, 0.1) is 0 Å². The van der Waals surface area contributed by atoms with Crippen molar-refractivity contribution in [2.24, 2.45) is 0 Å². The van der Waals surface area contributed by atoms with Gasteiger partial charge in [0.05, 0.1) is 178 Å². The minimum absolute atomic E-state index is 0.0478. The van der Waals surface area contributed by atoms with Gasteiger partial charge in [0.1, 0.15) is 49.7 Å². The number of likely N-dealkylation sites (N-methyl/N-ethyl adjacent to an activating group) is 2. The van der Waals surface area contributed by atoms with Crippen LogP contribution in [0.5, 0.6) is 0 Å². The predicted octanol–water partition coefficient (Wildman–Crippen LogP) is -3.99. The molecule has 7 N–H and O–H groups in total. The average molecular weight is 1180 g/mol. The van der Waals surface area contributed by atoms with E-state index in [9.17, 15) is 46.9 Å². The number of aliphatic hydroxyl groups excluding tert-OH is 3. The fourth-order valence-corrected chi connectivity index (χ4v) is 8.67. The summed E-state index contributed by atoms with van der Waals surface area (Å²) in [5.41, 5.74) is 0. The SMILES string of the molecule is COC1OC(C(=O)O)C(OCCOC2OC(C(=O)NCCOCCOCCOCCOCC[N+](C)(C)CCCS(=O)(=O)O)C(OC)C(O)C2O)C(O)C1OCCOCCOCCOCCOCC[N+](C)(C)CCCS(=O)(=O)O. The van der Waals surface area contributed by atoms with Gasteiger partial charge in [0.2, 0.25) is 0 Å². The van der Waals surface area contributed by atoms with Crippen molar-refractivity contribution in [3.63, 3.8) is 0 Å². The van der Waals surface area contributed by atoms with Crippen LogP contribution < -0.4 is 5.32 Å². The molecule has 0 aromatic heterocycles. The van der Waals surface area contributed by atoms with E-state index in [0.717, 1.165) is 0 Å². The second-order valence-corrected chi connectivity index (χ2v) is 22.5. The molecule has 0 bridgehead atoms. The minimum Gasteiger partial charge on any atom is -0.479 e. The first-order valence-electron chi connectivity index (χ1n) is 25.8. The van der Waals surface area contributed by atoms with E-state index in [4.69, 9.17) is 80.2 Å². The zero-order valence-electron chi connectivity index (χ0n) is 46.0. The Balaban J connectivity index is 1.62. The molecule has 2 heterocycles. The third-order valence-electron chi connectivity index (χ3n) is 12.1. The van der Waals surface area contributed by atoms with Gasteiger partial charge in [-0.1, -0.05) is 0 Å². The molecule has 1 amide bonds. The standard InChI is InChI=1S/C46H89N3O27S2/c1-48(2,10-7-33-77(56,57)58)12-15-65-18-21-68-24-23-67-20-17-64-14-9-47-43(53)41-38(62-5)35(50)36(51)45(75-41)74-32-31-72-39-37(52)40(46(63-6)76-42(39)44(54)55)73-30-29-71-28-27-70-26-25-69-22-19-66-16-13-49(3,4)11-8-34-78(59,60)61/h35-42,45-46,50-52H,7-34H2,1-6H3,(H2-2,47,53,54,55,56,57,58,59,60,61)/p+2. The maximum atomic E-state index is 13.1. The molecular formula is C46H91N3O27S2+2. The molecule has 2 aliphatic heterocycles. The van der Waals surface area contributed by atoms with Crippen LogP contribution >= 0.6 is 0 Å². The summed E-state index contributed by atoms with van der Waals surface area (Å²) in [7, 11) is 2.34. The Bertz CT molecular complexity index is 1830. The van der Waals surface area contributed by atoms with Gasteiger partial charge in [0.15, 0.2) is 24.8 Å². The second-order valence-electron chi connectivity index (χ2n) is 19.4. The van der Waals surface area contributed by atoms with Crippen LogP contribution in [0.3, 0.4) is 0 Å². The number of aliphatic carboxylic acids is 1. The van der Waals surface area contributed by atoms with Crippen molar-refractivity contribution in [3.8, 4) is 0 Å². The molecule has 10 unspecified atom stereocenters. The number of nitrogens with zero attached hydrogens (tertiary/aromatic N) is 2. The molecule has 32 heteroatoms. The number of ether oxygens (including phenoxy) is 15. The highest BCUT2D eigenvalue weighted by molar-refractivity contribution is 7.86. The minimum atomic E-state index is -3.97. The van der Waals surface area contributed by atoms with Crippen molar-refractivity contribution >= 4 is 32.1 Å². The fourth-order valence-electron chi connectivity index (χ4n) is 7.69. The van der Waals surface area contributed by atoms with Crippen molar-refractivity contribution in [1.82, 2.24) is 5.32 Å². The molecule has 10 atom stereocenters. The number of carbonyl (C=O) groups excluding carboxylic acids is 1. The highest BCUT2D eigenvalue weighted by Gasteiger charge is 2.51. The number of nitrogens with one attached hydrogen (secondary N) is 1. The molecular weight excluding hydrogens is 1090 g/mol. The van der Waals surface area contributed by atoms with Gasteiger partial charge in [-0.25, -0.2) is 4.79 Å². The van der Waals surface area contributed by atoms with E-state index in [2.05, 4.69) is 5.32 Å². The summed E-state index contributed by atoms with van der Waals surface area (Å²) >= 11 is 0. The van der Waals surface area contributed by atoms with Gasteiger partial charge in [-0.3, -0.25) is 13.9 Å². The van der Waals surface area contributed by atoms with Crippen LogP contribution in [-0.2, 0) is 101 Å². The lowest BCUT2D eigenvalue weighted by Crippen LogP contribution is -2.63. The third-order valence-corrected chi connectivity index (χ3v) is 13.7. The number of hydrogen-bond acceptors (Lipinski definition) is 24. The summed E-state index contributed by atoms with van der Waals surface area (Å²) in [6, 6.07) is 0. The molecule has 0 aliphatic carbocycles. The van der Waals surface area contributed by atoms with E-state index in [0.29, 0.717) is 114 Å². The van der Waals surface area contributed by atoms with Gasteiger partial charge in [-0.05, 0) is 0 Å². The van der Waals surface area contributed by atoms with Crippen molar-refractivity contribution in [2.45, 2.75) is 74.3 Å². The molecule has 30 nitrogen and oxygen atoms in total. The first-order chi connectivity index (χ1) is 36.9. The first-order valence-corrected chi connectivity index (χ1v) is 29.1. The molecule has 2 aliphatic rings. The second kappa shape index (κ2) is 39.4. The number of amides is 1. The van der Waals surface area contributed by atoms with Gasteiger partial charge in [-0.15, -0.1) is 0 Å². The Morgan fingerprint density at radius 1 is 0.462 bits per heavy atom. The van der Waals surface area contributed by atoms with E-state index >= 15 is 0 Å². The Hall–Kier alpha value is -2.04. The highest BCUT2D eigenvalue weighted by atomic mass is 32.2. The predicted molar refractivity (Wildman–Crippen MR) is 272 cm³/mol. The number of quaternary nitrogens is 2. The van der Waals surface area contributed by atoms with Crippen LogP contribution in [0.15, 0.2) is 0 Å². The lowest BCUT2D eigenvalue weighted by Gasteiger charge is -2.42. The van der Waals surface area contributed by atoms with Crippen LogP contribution in [0.2, 0.25) is 0 Å². The Morgan fingerprint density at radius 3 is 1.27 bits per heavy atom. The van der Waals surface area contributed by atoms with Crippen molar-refractivity contribution in [2.75, 3.05) is 212 Å². The number of carboxylic acids is 1. The van der Waals surface area contributed by atoms with Crippen molar-refractivity contribution < 1.29 is 136 Å². The van der Waals surface area contributed by atoms with Gasteiger partial charge in [0.25, 0.3) is 26.1 Å². The zero-order valence-corrected chi connectivity index (χ0v) is 47.7. The average Bonchev–Trinajstić information content (AvgIpc) is 3.38. The molecule has 2 rings (SSSR count). The number of aliphatic hydroxyl groups is 3. The summed E-state index contributed by atoms with van der Waals surface area (Å²) in [5.74, 6) is -2.69. The number of carbonyl (C=O) groups is 2. The molecule has 462 valence electrons. The van der Waals surface area contributed by atoms with Crippen LogP contribution in [0.25, 0.3) is 0 Å². The number of methoxy groups -OCH3 is 2. The Kier molecular flexibility index (Phi) is 36.4. The summed E-state index contributed by atoms with van der Waals surface area (Å²) in [5, 5.41) is 45.3. The topological polar surface area (TPSA) is 374 Å². The number of hydrogen-bond donors (Lipinski definition) is 7.